The van der Waals surface area contributed by atoms with Crippen LogP contribution in [-0.2, 0) is 0 Å². The van der Waals surface area contributed by atoms with Crippen LogP contribution in [0.1, 0.15) is 4.88 Å². The van der Waals surface area contributed by atoms with E-state index in [1.54, 1.807) is 11.3 Å². The van der Waals surface area contributed by atoms with Crippen molar-refractivity contribution >= 4 is 21.4 Å². The van der Waals surface area contributed by atoms with Crippen molar-refractivity contribution in [2.75, 3.05) is 0 Å². The van der Waals surface area contributed by atoms with Crippen LogP contribution in [0.2, 0.25) is 0 Å². The van der Waals surface area contributed by atoms with Crippen molar-refractivity contribution in [2.45, 2.75) is 6.29 Å². The third-order valence-corrected chi connectivity index (χ3v) is 2.78. The molecule has 2 aromatic rings. The maximum absolute atomic E-state index is 8.58. The van der Waals surface area contributed by atoms with Crippen molar-refractivity contribution in [3.63, 3.8) is 0 Å². The highest BCUT2D eigenvalue weighted by molar-refractivity contribution is 7.19. The molecule has 0 radical (unpaired) electrons. The Morgan fingerprint density at radius 2 is 2.00 bits per heavy atom. The van der Waals surface area contributed by atoms with Crippen LogP contribution in [-0.4, -0.2) is 16.5 Å². The lowest BCUT2D eigenvalue weighted by molar-refractivity contribution is 0.0108. The lowest BCUT2D eigenvalue weighted by Crippen LogP contribution is -1.97. The molecule has 0 amide bonds. The largest absolute Gasteiger partial charge is 0.358 e. The molecule has 0 fully saturated rings. The summed E-state index contributed by atoms with van der Waals surface area (Å²) in [5, 5.41) is 18.3. The normalized spacial score (nSPS) is 10.2. The molecule has 2 rings (SSSR count). The van der Waals surface area contributed by atoms with Crippen LogP contribution in [0.25, 0.3) is 10.1 Å². The molecule has 1 aromatic heterocycles. The van der Waals surface area contributed by atoms with Crippen LogP contribution in [0.5, 0.6) is 0 Å². The van der Waals surface area contributed by atoms with Crippen LogP contribution < -0.4 is 0 Å². The minimum atomic E-state index is -1.56. The Bertz CT molecular complexity index is 469. The van der Waals surface area contributed by atoms with Gasteiger partial charge in [-0.2, -0.15) is 0 Å². The van der Waals surface area contributed by atoms with Crippen molar-refractivity contribution in [1.29, 1.82) is 0 Å². The first-order valence-corrected chi connectivity index (χ1v) is 4.93. The van der Waals surface area contributed by atoms with Gasteiger partial charge in [-0.1, -0.05) is 24.1 Å². The van der Waals surface area contributed by atoms with E-state index in [1.165, 1.54) is 0 Å². The lowest BCUT2D eigenvalue weighted by atomic mass is 10.2. The number of hydrogen-bond acceptors (Lipinski definition) is 3. The number of fused-ring (bicyclic) bond motifs is 1. The van der Waals surface area contributed by atoms with E-state index in [9.17, 15) is 0 Å². The summed E-state index contributed by atoms with van der Waals surface area (Å²) in [6.07, 6.45) is -1.56. The minimum Gasteiger partial charge on any atom is -0.358 e. The molecule has 1 heterocycles. The highest BCUT2D eigenvalue weighted by Gasteiger charge is 1.97. The average molecular weight is 204 g/mol. The second-order valence-corrected chi connectivity index (χ2v) is 3.88. The highest BCUT2D eigenvalue weighted by Crippen LogP contribution is 2.24. The first kappa shape index (κ1) is 9.22. The van der Waals surface area contributed by atoms with Gasteiger partial charge in [0.05, 0.1) is 4.88 Å². The van der Waals surface area contributed by atoms with Gasteiger partial charge in [-0.3, -0.25) is 0 Å². The average Bonchev–Trinajstić information content (AvgIpc) is 2.57. The van der Waals surface area contributed by atoms with Gasteiger partial charge in [0.1, 0.15) is 0 Å². The fraction of sp³-hybridized carbons (Fsp3) is 0.0909. The Balaban J connectivity index is 2.42. The predicted octanol–water partition coefficient (Wildman–Crippen LogP) is 1.56. The fourth-order valence-corrected chi connectivity index (χ4v) is 2.10. The predicted molar refractivity (Wildman–Crippen MR) is 56.9 cm³/mol. The minimum absolute atomic E-state index is 0.847. The summed E-state index contributed by atoms with van der Waals surface area (Å²) in [5.41, 5.74) is 0. The molecular formula is C11H8O2S. The van der Waals surface area contributed by atoms with E-state index < -0.39 is 6.29 Å². The van der Waals surface area contributed by atoms with Gasteiger partial charge < -0.3 is 10.2 Å². The molecular weight excluding hydrogens is 196 g/mol. The van der Waals surface area contributed by atoms with E-state index in [0.717, 1.165) is 15.0 Å². The van der Waals surface area contributed by atoms with Crippen molar-refractivity contribution < 1.29 is 10.2 Å². The van der Waals surface area contributed by atoms with Gasteiger partial charge >= 0.3 is 0 Å². The third kappa shape index (κ3) is 1.94. The fourth-order valence-electron chi connectivity index (χ4n) is 1.18. The van der Waals surface area contributed by atoms with Gasteiger partial charge in [-0.15, -0.1) is 11.3 Å². The summed E-state index contributed by atoms with van der Waals surface area (Å²) in [5.74, 6) is 5.00. The van der Waals surface area contributed by atoms with E-state index >= 15 is 0 Å². The molecule has 0 saturated carbocycles. The number of hydrogen-bond donors (Lipinski definition) is 2. The maximum atomic E-state index is 8.58. The summed E-state index contributed by atoms with van der Waals surface area (Å²) >= 11 is 1.54. The smallest absolute Gasteiger partial charge is 0.217 e. The Morgan fingerprint density at radius 3 is 2.71 bits per heavy atom. The van der Waals surface area contributed by atoms with Crippen molar-refractivity contribution in [2.24, 2.45) is 0 Å². The first-order chi connectivity index (χ1) is 6.75. The van der Waals surface area contributed by atoms with E-state index in [1.807, 2.05) is 30.3 Å². The molecule has 2 N–H and O–H groups in total. The molecule has 0 aliphatic carbocycles. The summed E-state index contributed by atoms with van der Waals surface area (Å²) < 4.78 is 1.16. The van der Waals surface area contributed by atoms with Gasteiger partial charge in [0.25, 0.3) is 0 Å². The number of benzene rings is 1. The number of thiophene rings is 1. The number of rotatable bonds is 0. The second-order valence-electron chi connectivity index (χ2n) is 2.79. The van der Waals surface area contributed by atoms with Crippen LogP contribution in [0.4, 0.5) is 0 Å². The second kappa shape index (κ2) is 3.81. The first-order valence-electron chi connectivity index (χ1n) is 4.12. The third-order valence-electron chi connectivity index (χ3n) is 1.75. The van der Waals surface area contributed by atoms with Crippen molar-refractivity contribution in [1.82, 2.24) is 0 Å². The molecule has 0 aliphatic rings. The number of aliphatic hydroxyl groups excluding tert-OH is 1. The topological polar surface area (TPSA) is 40.5 Å². The Morgan fingerprint density at radius 1 is 1.21 bits per heavy atom. The molecule has 0 spiro atoms. The molecule has 0 unspecified atom stereocenters. The van der Waals surface area contributed by atoms with E-state index in [-0.39, 0.29) is 0 Å². The van der Waals surface area contributed by atoms with E-state index in [4.69, 9.17) is 10.2 Å². The zero-order valence-electron chi connectivity index (χ0n) is 7.27. The maximum Gasteiger partial charge on any atom is 0.217 e. The zero-order chi connectivity index (χ0) is 9.97. The standard InChI is InChI=1S/C11H8O2S/c12-11(13)6-5-9-7-8-3-1-2-4-10(8)14-9/h1-4,7,11-13H. The molecule has 0 saturated heterocycles. The Kier molecular flexibility index (Phi) is 2.51. The van der Waals surface area contributed by atoms with Crippen LogP contribution in [0, 0.1) is 11.8 Å². The van der Waals surface area contributed by atoms with Gasteiger partial charge in [-0.25, -0.2) is 0 Å². The summed E-state index contributed by atoms with van der Waals surface area (Å²) in [6, 6.07) is 9.90. The molecule has 2 nitrogen and oxygen atoms in total. The van der Waals surface area contributed by atoms with Crippen LogP contribution >= 0.6 is 11.3 Å². The van der Waals surface area contributed by atoms with Gasteiger partial charge in [-0.05, 0) is 23.4 Å². The molecule has 0 bridgehead atoms. The molecule has 0 aliphatic heterocycles. The van der Waals surface area contributed by atoms with E-state index in [2.05, 4.69) is 11.8 Å². The van der Waals surface area contributed by atoms with Crippen LogP contribution in [0.3, 0.4) is 0 Å². The summed E-state index contributed by atoms with van der Waals surface area (Å²) in [7, 11) is 0. The number of aliphatic hydroxyl groups is 2. The van der Waals surface area contributed by atoms with Gasteiger partial charge in [0, 0.05) is 4.70 Å². The van der Waals surface area contributed by atoms with Gasteiger partial charge in [0.15, 0.2) is 0 Å². The quantitative estimate of drug-likeness (QED) is 0.505. The Hall–Kier alpha value is -1.34. The molecule has 3 heteroatoms. The molecule has 14 heavy (non-hydrogen) atoms. The van der Waals surface area contributed by atoms with Crippen molar-refractivity contribution in [3.05, 3.63) is 35.2 Å². The zero-order valence-corrected chi connectivity index (χ0v) is 8.08. The van der Waals surface area contributed by atoms with Gasteiger partial charge in [0.2, 0.25) is 6.29 Å². The molecule has 70 valence electrons. The highest BCUT2D eigenvalue weighted by atomic mass is 32.1. The summed E-state index contributed by atoms with van der Waals surface area (Å²) in [6.45, 7) is 0. The Labute approximate surface area is 85.4 Å². The molecule has 1 aromatic carbocycles. The van der Waals surface area contributed by atoms with Crippen LogP contribution in [0.15, 0.2) is 30.3 Å². The van der Waals surface area contributed by atoms with Crippen molar-refractivity contribution in [3.8, 4) is 11.8 Å². The SMILES string of the molecule is OC(O)C#Cc1cc2ccccc2s1. The molecule has 0 atom stereocenters. The summed E-state index contributed by atoms with van der Waals surface area (Å²) in [4.78, 5) is 0.847. The monoisotopic (exact) mass is 204 g/mol. The lowest BCUT2D eigenvalue weighted by Gasteiger charge is -1.84. The van der Waals surface area contributed by atoms with E-state index in [0.29, 0.717) is 0 Å².